The molecule has 3 aromatic rings. The third-order valence-electron chi connectivity index (χ3n) is 3.68. The Balaban J connectivity index is 0.00000261. The smallest absolute Gasteiger partial charge is 0.346 e. The number of tetrazole rings is 1. The number of benzene rings is 2. The van der Waals surface area contributed by atoms with Gasteiger partial charge in [0.05, 0.1) is 19.4 Å². The predicted molar refractivity (Wildman–Crippen MR) is 95.8 cm³/mol. The van der Waals surface area contributed by atoms with Crippen molar-refractivity contribution in [1.82, 2.24) is 25.5 Å². The van der Waals surface area contributed by atoms with Crippen LogP contribution in [0.2, 0.25) is 0 Å². The quantitative estimate of drug-likeness (QED) is 0.479. The molecule has 0 unspecified atom stereocenters. The van der Waals surface area contributed by atoms with E-state index < -0.39 is 0 Å². The summed E-state index contributed by atoms with van der Waals surface area (Å²) in [6.45, 7) is 2.16. The van der Waals surface area contributed by atoms with Crippen LogP contribution in [0.25, 0.3) is 5.69 Å². The Kier molecular flexibility index (Phi) is 8.00. The number of hydrogen-bond donors (Lipinski definition) is 1. The number of halogens is 1. The molecule has 1 heterocycles. The lowest BCUT2D eigenvalue weighted by Gasteiger charge is -2.12. The van der Waals surface area contributed by atoms with Crippen LogP contribution in [0.5, 0.6) is 17.5 Å². The molecule has 0 aliphatic carbocycles. The van der Waals surface area contributed by atoms with Crippen LogP contribution in [0.4, 0.5) is 0 Å². The van der Waals surface area contributed by atoms with E-state index in [0.29, 0.717) is 24.7 Å². The number of nitrogens with zero attached hydrogens (tertiary/aromatic N) is 4. The van der Waals surface area contributed by atoms with Crippen molar-refractivity contribution in [3.8, 4) is 23.2 Å². The average Bonchev–Trinajstić information content (AvgIpc) is 3.15. The number of rotatable bonds is 9. The van der Waals surface area contributed by atoms with E-state index >= 15 is 0 Å². The van der Waals surface area contributed by atoms with Crippen molar-refractivity contribution >= 4 is 0 Å². The maximum atomic E-state index is 5.89. The minimum Gasteiger partial charge on any atom is -1.00 e. The van der Waals surface area contributed by atoms with Crippen molar-refractivity contribution in [2.45, 2.75) is 6.54 Å². The Bertz CT molecular complexity index is 829. The second kappa shape index (κ2) is 10.5. The summed E-state index contributed by atoms with van der Waals surface area (Å²) in [7, 11) is 3.28. The highest BCUT2D eigenvalue weighted by Crippen LogP contribution is 2.32. The standard InChI is InChI=1S/C18H21N5O3.ClH/c1-24-11-10-19-13-14-8-9-16(17(12-14)25-2)26-18-20-21-22-23(18)15-6-4-3-5-7-15;/h3-9,12,19H,10-11,13H2,1-2H3;1H/p-1. The summed E-state index contributed by atoms with van der Waals surface area (Å²) in [5.41, 5.74) is 1.89. The molecule has 9 heteroatoms. The Hall–Kier alpha value is -2.68. The highest BCUT2D eigenvalue weighted by molar-refractivity contribution is 5.44. The molecule has 0 amide bonds. The number of methoxy groups -OCH3 is 2. The maximum absolute atomic E-state index is 5.89. The molecule has 0 radical (unpaired) electrons. The van der Waals surface area contributed by atoms with Crippen molar-refractivity contribution in [2.24, 2.45) is 0 Å². The van der Waals surface area contributed by atoms with Crippen LogP contribution in [0.1, 0.15) is 5.56 Å². The van der Waals surface area contributed by atoms with E-state index in [9.17, 15) is 0 Å². The summed E-state index contributed by atoms with van der Waals surface area (Å²) in [5.74, 6) is 1.15. The third-order valence-corrected chi connectivity index (χ3v) is 3.68. The Morgan fingerprint density at radius 2 is 1.85 bits per heavy atom. The van der Waals surface area contributed by atoms with E-state index in [0.717, 1.165) is 17.8 Å². The van der Waals surface area contributed by atoms with Gasteiger partial charge in [-0.05, 0) is 40.3 Å². The second-order valence-electron chi connectivity index (χ2n) is 5.47. The molecule has 0 spiro atoms. The van der Waals surface area contributed by atoms with Gasteiger partial charge in [-0.25, -0.2) is 0 Å². The summed E-state index contributed by atoms with van der Waals surface area (Å²) in [5, 5.41) is 14.9. The van der Waals surface area contributed by atoms with Crippen LogP contribution in [-0.4, -0.2) is 47.6 Å². The topological polar surface area (TPSA) is 83.3 Å². The Morgan fingerprint density at radius 3 is 2.59 bits per heavy atom. The molecular weight excluding hydrogens is 370 g/mol. The lowest BCUT2D eigenvalue weighted by molar-refractivity contribution is -0.00000662. The normalized spacial score (nSPS) is 10.3. The Morgan fingerprint density at radius 1 is 1.04 bits per heavy atom. The minimum absolute atomic E-state index is 0. The van der Waals surface area contributed by atoms with Gasteiger partial charge in [0.2, 0.25) is 0 Å². The molecule has 2 aromatic carbocycles. The van der Waals surface area contributed by atoms with Gasteiger partial charge in [-0.2, -0.15) is 4.68 Å². The Labute approximate surface area is 163 Å². The van der Waals surface area contributed by atoms with Crippen molar-refractivity contribution in [3.63, 3.8) is 0 Å². The van der Waals surface area contributed by atoms with E-state index in [2.05, 4.69) is 20.8 Å². The van der Waals surface area contributed by atoms with Crippen molar-refractivity contribution in [3.05, 3.63) is 54.1 Å². The molecule has 0 saturated heterocycles. The van der Waals surface area contributed by atoms with Crippen LogP contribution in [-0.2, 0) is 11.3 Å². The van der Waals surface area contributed by atoms with Gasteiger partial charge in [0.15, 0.2) is 11.5 Å². The van der Waals surface area contributed by atoms with E-state index in [4.69, 9.17) is 14.2 Å². The van der Waals surface area contributed by atoms with Gasteiger partial charge in [-0.15, -0.1) is 0 Å². The number of nitrogens with one attached hydrogen (secondary N) is 1. The molecule has 3 rings (SSSR count). The van der Waals surface area contributed by atoms with Crippen LogP contribution < -0.4 is 27.2 Å². The largest absolute Gasteiger partial charge is 1.00 e. The van der Waals surface area contributed by atoms with E-state index in [-0.39, 0.29) is 18.4 Å². The van der Waals surface area contributed by atoms with Crippen molar-refractivity contribution < 1.29 is 26.6 Å². The highest BCUT2D eigenvalue weighted by atomic mass is 35.5. The zero-order valence-corrected chi connectivity index (χ0v) is 15.9. The van der Waals surface area contributed by atoms with Gasteiger partial charge >= 0.3 is 6.01 Å². The molecule has 8 nitrogen and oxygen atoms in total. The lowest BCUT2D eigenvalue weighted by atomic mass is 10.2. The number of hydrogen-bond acceptors (Lipinski definition) is 7. The first-order valence-corrected chi connectivity index (χ1v) is 8.20. The molecule has 0 aliphatic rings. The van der Waals surface area contributed by atoms with Gasteiger partial charge in [0.25, 0.3) is 0 Å². The molecule has 0 fully saturated rings. The monoisotopic (exact) mass is 390 g/mol. The molecule has 144 valence electrons. The van der Waals surface area contributed by atoms with Gasteiger partial charge in [0, 0.05) is 20.2 Å². The number of ether oxygens (including phenoxy) is 3. The second-order valence-corrected chi connectivity index (χ2v) is 5.47. The fourth-order valence-corrected chi connectivity index (χ4v) is 2.39. The zero-order chi connectivity index (χ0) is 18.2. The summed E-state index contributed by atoms with van der Waals surface area (Å²) >= 11 is 0. The third kappa shape index (κ3) is 5.40. The number of para-hydroxylation sites is 1. The van der Waals surface area contributed by atoms with Crippen molar-refractivity contribution in [1.29, 1.82) is 0 Å². The van der Waals surface area contributed by atoms with Gasteiger partial charge in [0.1, 0.15) is 0 Å². The van der Waals surface area contributed by atoms with Crippen molar-refractivity contribution in [2.75, 3.05) is 27.4 Å². The van der Waals surface area contributed by atoms with Crippen LogP contribution >= 0.6 is 0 Å². The lowest BCUT2D eigenvalue weighted by Crippen LogP contribution is -3.00. The van der Waals surface area contributed by atoms with Crippen LogP contribution in [0, 0.1) is 0 Å². The fourth-order valence-electron chi connectivity index (χ4n) is 2.39. The molecule has 1 aromatic heterocycles. The van der Waals surface area contributed by atoms with Crippen LogP contribution in [0.3, 0.4) is 0 Å². The highest BCUT2D eigenvalue weighted by Gasteiger charge is 2.14. The molecule has 1 N–H and O–H groups in total. The minimum atomic E-state index is 0. The maximum Gasteiger partial charge on any atom is 0.346 e. The predicted octanol–water partition coefficient (Wildman–Crippen LogP) is -0.797. The van der Waals surface area contributed by atoms with Gasteiger partial charge in [-0.3, -0.25) is 0 Å². The first-order chi connectivity index (χ1) is 12.8. The number of aromatic nitrogens is 4. The molecule has 27 heavy (non-hydrogen) atoms. The van der Waals surface area contributed by atoms with E-state index in [1.165, 1.54) is 4.68 Å². The van der Waals surface area contributed by atoms with Crippen LogP contribution in [0.15, 0.2) is 48.5 Å². The summed E-state index contributed by atoms with van der Waals surface area (Å²) in [4.78, 5) is 0. The molecule has 0 bridgehead atoms. The molecule has 0 atom stereocenters. The fraction of sp³-hybridized carbons (Fsp3) is 0.278. The van der Waals surface area contributed by atoms with Gasteiger partial charge < -0.3 is 31.9 Å². The summed E-state index contributed by atoms with van der Waals surface area (Å²) in [6, 6.07) is 15.5. The first-order valence-electron chi connectivity index (χ1n) is 8.20. The average molecular weight is 391 g/mol. The first kappa shape index (κ1) is 20.6. The zero-order valence-electron chi connectivity index (χ0n) is 15.1. The summed E-state index contributed by atoms with van der Waals surface area (Å²) < 4.78 is 17.9. The molecule has 0 aliphatic heterocycles. The van der Waals surface area contributed by atoms with E-state index in [1.807, 2.05) is 48.5 Å². The molecule has 0 saturated carbocycles. The SMILES string of the molecule is COCCNCc1ccc(Oc2nnnn2-c2ccccc2)c(OC)c1.[Cl-]. The van der Waals surface area contributed by atoms with E-state index in [1.54, 1.807) is 14.2 Å². The van der Waals surface area contributed by atoms with Gasteiger partial charge in [-0.1, -0.05) is 29.4 Å². The molecular formula is C18H21ClN5O3-. The summed E-state index contributed by atoms with van der Waals surface area (Å²) in [6.07, 6.45) is 0.